The molecule has 0 aliphatic carbocycles. The molecule has 4 heteroatoms. The first-order valence-corrected chi connectivity index (χ1v) is 5.23. The molecule has 0 spiro atoms. The summed E-state index contributed by atoms with van der Waals surface area (Å²) in [5.41, 5.74) is 1.32. The highest BCUT2D eigenvalue weighted by Crippen LogP contribution is 2.09. The zero-order valence-corrected chi connectivity index (χ0v) is 10.2. The van der Waals surface area contributed by atoms with Gasteiger partial charge < -0.3 is 10.1 Å². The Morgan fingerprint density at radius 2 is 2.19 bits per heavy atom. The first kappa shape index (κ1) is 12.6. The number of carbonyl (C=O) groups excluding carboxylic acids is 1. The third-order valence-electron chi connectivity index (χ3n) is 1.82. The van der Waals surface area contributed by atoms with Crippen LogP contribution >= 0.6 is 0 Å². The van der Waals surface area contributed by atoms with Gasteiger partial charge in [0.15, 0.2) is 0 Å². The molecular weight excluding hydrogens is 204 g/mol. The number of carbonyl (C=O) groups is 1. The molecule has 0 saturated carbocycles. The van der Waals surface area contributed by atoms with Crippen LogP contribution in [0.3, 0.4) is 0 Å². The number of hydrogen-bond acceptors (Lipinski definition) is 3. The van der Waals surface area contributed by atoms with Crippen molar-refractivity contribution >= 4 is 11.6 Å². The van der Waals surface area contributed by atoms with E-state index in [9.17, 15) is 4.79 Å². The topological polar surface area (TPSA) is 51.2 Å². The van der Waals surface area contributed by atoms with Crippen molar-refractivity contribution in [2.24, 2.45) is 0 Å². The van der Waals surface area contributed by atoms with E-state index in [1.807, 2.05) is 33.8 Å². The summed E-state index contributed by atoms with van der Waals surface area (Å²) >= 11 is 0. The predicted octanol–water partition coefficient (Wildman–Crippen LogP) is 2.14. The minimum Gasteiger partial charge on any atom is -0.366 e. The van der Waals surface area contributed by atoms with Gasteiger partial charge in [-0.05, 0) is 39.8 Å². The summed E-state index contributed by atoms with van der Waals surface area (Å²) in [5.74, 6) is -0.152. The fraction of sp³-hybridized carbons (Fsp3) is 0.500. The number of hydrogen-bond donors (Lipinski definition) is 1. The summed E-state index contributed by atoms with van der Waals surface area (Å²) in [4.78, 5) is 15.6. The Hall–Kier alpha value is -1.42. The van der Waals surface area contributed by atoms with Crippen molar-refractivity contribution in [3.05, 3.63) is 24.0 Å². The van der Waals surface area contributed by atoms with E-state index >= 15 is 0 Å². The van der Waals surface area contributed by atoms with Gasteiger partial charge in [-0.2, -0.15) is 0 Å². The highest BCUT2D eigenvalue weighted by atomic mass is 16.5. The maximum absolute atomic E-state index is 11.5. The van der Waals surface area contributed by atoms with Gasteiger partial charge in [0, 0.05) is 17.6 Å². The lowest BCUT2D eigenvalue weighted by Crippen LogP contribution is -2.27. The molecule has 0 fully saturated rings. The molecule has 4 nitrogen and oxygen atoms in total. The van der Waals surface area contributed by atoms with Gasteiger partial charge in [-0.15, -0.1) is 0 Å². The lowest BCUT2D eigenvalue weighted by molar-refractivity contribution is -0.125. The summed E-state index contributed by atoms with van der Waals surface area (Å²) < 4.78 is 5.37. The molecule has 0 bridgehead atoms. The zero-order valence-electron chi connectivity index (χ0n) is 10.2. The van der Waals surface area contributed by atoms with Gasteiger partial charge in [-0.3, -0.25) is 9.78 Å². The van der Waals surface area contributed by atoms with Crippen LogP contribution in [0.4, 0.5) is 5.69 Å². The van der Waals surface area contributed by atoms with E-state index in [0.29, 0.717) is 0 Å². The van der Waals surface area contributed by atoms with Crippen LogP contribution in [0.2, 0.25) is 0 Å². The molecule has 1 aromatic heterocycles. The van der Waals surface area contributed by atoms with E-state index in [-0.39, 0.29) is 18.1 Å². The minimum absolute atomic E-state index is 0.0604. The van der Waals surface area contributed by atoms with Crippen molar-refractivity contribution in [1.29, 1.82) is 0 Å². The van der Waals surface area contributed by atoms with E-state index in [0.717, 1.165) is 11.4 Å². The van der Waals surface area contributed by atoms with Crippen molar-refractivity contribution < 1.29 is 9.53 Å². The van der Waals surface area contributed by atoms with Crippen molar-refractivity contribution in [2.75, 3.05) is 11.9 Å². The molecule has 0 radical (unpaired) electrons. The van der Waals surface area contributed by atoms with Crippen molar-refractivity contribution in [3.63, 3.8) is 0 Å². The van der Waals surface area contributed by atoms with Crippen LogP contribution in [0.25, 0.3) is 0 Å². The molecule has 0 aliphatic heterocycles. The molecule has 0 aliphatic rings. The van der Waals surface area contributed by atoms with Crippen molar-refractivity contribution in [3.8, 4) is 0 Å². The Balaban J connectivity index is 2.46. The van der Waals surface area contributed by atoms with E-state index in [4.69, 9.17) is 4.74 Å². The largest absolute Gasteiger partial charge is 0.366 e. The highest BCUT2D eigenvalue weighted by Gasteiger charge is 2.12. The number of anilines is 1. The monoisotopic (exact) mass is 222 g/mol. The Morgan fingerprint density at radius 3 is 2.75 bits per heavy atom. The summed E-state index contributed by atoms with van der Waals surface area (Å²) in [5, 5.41) is 2.75. The maximum atomic E-state index is 11.5. The number of aromatic nitrogens is 1. The Bertz CT molecular complexity index is 370. The van der Waals surface area contributed by atoms with Crippen LogP contribution in [0.15, 0.2) is 18.3 Å². The molecule has 0 aromatic carbocycles. The second-order valence-electron chi connectivity index (χ2n) is 4.64. The first-order valence-electron chi connectivity index (χ1n) is 5.23. The average Bonchev–Trinajstić information content (AvgIpc) is 2.14. The second kappa shape index (κ2) is 5.07. The summed E-state index contributed by atoms with van der Waals surface area (Å²) in [6.45, 7) is 7.68. The fourth-order valence-electron chi connectivity index (χ4n) is 1.10. The number of ether oxygens (including phenoxy) is 1. The Labute approximate surface area is 96.0 Å². The average molecular weight is 222 g/mol. The Kier molecular flexibility index (Phi) is 4.01. The molecular formula is C12H18N2O2. The van der Waals surface area contributed by atoms with Crippen LogP contribution in [0.5, 0.6) is 0 Å². The van der Waals surface area contributed by atoms with E-state index < -0.39 is 0 Å². The SMILES string of the molecule is Cc1cc(NC(=O)COC(C)(C)C)ccn1. The smallest absolute Gasteiger partial charge is 0.250 e. The van der Waals surface area contributed by atoms with Gasteiger partial charge in [-0.1, -0.05) is 0 Å². The molecule has 1 aromatic rings. The number of aryl methyl sites for hydroxylation is 1. The standard InChI is InChI=1S/C12H18N2O2/c1-9-7-10(5-6-13-9)14-11(15)8-16-12(2,3)4/h5-7H,8H2,1-4H3,(H,13,14,15). The number of nitrogens with one attached hydrogen (secondary N) is 1. The van der Waals surface area contributed by atoms with Crippen molar-refractivity contribution in [2.45, 2.75) is 33.3 Å². The lowest BCUT2D eigenvalue weighted by Gasteiger charge is -2.18. The summed E-state index contributed by atoms with van der Waals surface area (Å²) in [6.07, 6.45) is 1.66. The van der Waals surface area contributed by atoms with Crippen LogP contribution < -0.4 is 5.32 Å². The highest BCUT2D eigenvalue weighted by molar-refractivity contribution is 5.91. The van der Waals surface area contributed by atoms with E-state index in [1.165, 1.54) is 0 Å². The molecule has 0 unspecified atom stereocenters. The van der Waals surface area contributed by atoms with Crippen LogP contribution in [0, 0.1) is 6.92 Å². The third-order valence-corrected chi connectivity index (χ3v) is 1.82. The molecule has 16 heavy (non-hydrogen) atoms. The number of nitrogens with zero attached hydrogens (tertiary/aromatic N) is 1. The molecule has 0 saturated heterocycles. The van der Waals surface area contributed by atoms with Crippen LogP contribution in [-0.4, -0.2) is 23.1 Å². The second-order valence-corrected chi connectivity index (χ2v) is 4.64. The zero-order chi connectivity index (χ0) is 12.2. The quantitative estimate of drug-likeness (QED) is 0.852. The first-order chi connectivity index (χ1) is 7.37. The molecule has 88 valence electrons. The number of rotatable bonds is 3. The molecule has 1 heterocycles. The molecule has 0 atom stereocenters. The summed E-state index contributed by atoms with van der Waals surface area (Å²) in [7, 11) is 0. The lowest BCUT2D eigenvalue weighted by atomic mass is 10.2. The molecule has 1 N–H and O–H groups in total. The van der Waals surface area contributed by atoms with Gasteiger partial charge in [-0.25, -0.2) is 0 Å². The van der Waals surface area contributed by atoms with Gasteiger partial charge in [0.25, 0.3) is 0 Å². The van der Waals surface area contributed by atoms with Gasteiger partial charge in [0.1, 0.15) is 6.61 Å². The minimum atomic E-state index is -0.300. The fourth-order valence-corrected chi connectivity index (χ4v) is 1.10. The number of pyridine rings is 1. The van der Waals surface area contributed by atoms with Gasteiger partial charge >= 0.3 is 0 Å². The van der Waals surface area contributed by atoms with E-state index in [1.54, 1.807) is 12.3 Å². The number of amides is 1. The predicted molar refractivity (Wildman–Crippen MR) is 63.3 cm³/mol. The maximum Gasteiger partial charge on any atom is 0.250 e. The van der Waals surface area contributed by atoms with Crippen molar-refractivity contribution in [1.82, 2.24) is 4.98 Å². The third kappa shape index (κ3) is 4.89. The molecule has 1 rings (SSSR count). The van der Waals surface area contributed by atoms with Crippen LogP contribution in [-0.2, 0) is 9.53 Å². The van der Waals surface area contributed by atoms with Gasteiger partial charge in [0.2, 0.25) is 5.91 Å². The Morgan fingerprint density at radius 1 is 1.50 bits per heavy atom. The summed E-state index contributed by atoms with van der Waals surface area (Å²) in [6, 6.07) is 3.57. The van der Waals surface area contributed by atoms with Gasteiger partial charge in [0.05, 0.1) is 5.60 Å². The van der Waals surface area contributed by atoms with Crippen LogP contribution in [0.1, 0.15) is 26.5 Å². The molecule has 1 amide bonds. The van der Waals surface area contributed by atoms with E-state index in [2.05, 4.69) is 10.3 Å². The normalized spacial score (nSPS) is 11.2.